The molecule has 1 atom stereocenters. The molecule has 1 heterocycles. The van der Waals surface area contributed by atoms with Crippen molar-refractivity contribution < 1.29 is 24.5 Å². The van der Waals surface area contributed by atoms with Gasteiger partial charge in [0.1, 0.15) is 17.3 Å². The molecular formula is C25H21NO5. The van der Waals surface area contributed by atoms with Crippen LogP contribution in [-0.4, -0.2) is 29.0 Å². The molecule has 1 amide bonds. The highest BCUT2D eigenvalue weighted by Crippen LogP contribution is 2.44. The number of benzene rings is 3. The summed E-state index contributed by atoms with van der Waals surface area (Å²) in [5, 5.41) is 21.5. The Labute approximate surface area is 179 Å². The molecule has 1 aliphatic heterocycles. The van der Waals surface area contributed by atoms with Crippen molar-refractivity contribution in [3.8, 4) is 11.5 Å². The molecule has 31 heavy (non-hydrogen) atoms. The number of carbonyl (C=O) groups excluding carboxylic acids is 2. The Morgan fingerprint density at radius 2 is 1.65 bits per heavy atom. The van der Waals surface area contributed by atoms with Gasteiger partial charge < -0.3 is 14.9 Å². The molecule has 1 aliphatic rings. The Morgan fingerprint density at radius 1 is 0.968 bits per heavy atom. The van der Waals surface area contributed by atoms with Crippen LogP contribution in [0.5, 0.6) is 11.5 Å². The summed E-state index contributed by atoms with van der Waals surface area (Å²) in [6, 6.07) is 19.5. The third kappa shape index (κ3) is 3.53. The van der Waals surface area contributed by atoms with Crippen LogP contribution in [0.4, 0.5) is 5.69 Å². The lowest BCUT2D eigenvalue weighted by Gasteiger charge is -2.26. The van der Waals surface area contributed by atoms with Gasteiger partial charge in [0.2, 0.25) is 0 Å². The number of ketones is 1. The first-order chi connectivity index (χ1) is 14.9. The molecule has 0 spiro atoms. The number of carbonyl (C=O) groups is 2. The maximum absolute atomic E-state index is 13.1. The highest BCUT2D eigenvalue weighted by Gasteiger charge is 2.47. The van der Waals surface area contributed by atoms with Crippen LogP contribution in [0.25, 0.3) is 5.76 Å². The van der Waals surface area contributed by atoms with E-state index in [2.05, 4.69) is 0 Å². The topological polar surface area (TPSA) is 87.1 Å². The third-order valence-corrected chi connectivity index (χ3v) is 5.31. The summed E-state index contributed by atoms with van der Waals surface area (Å²) in [7, 11) is 1.53. The van der Waals surface area contributed by atoms with Crippen LogP contribution in [0.15, 0.2) is 78.4 Å². The summed E-state index contributed by atoms with van der Waals surface area (Å²) in [4.78, 5) is 27.4. The largest absolute Gasteiger partial charge is 0.507 e. The first kappa shape index (κ1) is 20.2. The van der Waals surface area contributed by atoms with E-state index in [-0.39, 0.29) is 22.8 Å². The highest BCUT2D eigenvalue weighted by atomic mass is 16.5. The van der Waals surface area contributed by atoms with Gasteiger partial charge in [0.15, 0.2) is 0 Å². The number of methoxy groups -OCH3 is 1. The van der Waals surface area contributed by atoms with Gasteiger partial charge in [-0.25, -0.2) is 0 Å². The van der Waals surface area contributed by atoms with E-state index in [1.807, 2.05) is 13.0 Å². The lowest BCUT2D eigenvalue weighted by Crippen LogP contribution is -2.29. The molecule has 3 aromatic carbocycles. The minimum atomic E-state index is -0.893. The van der Waals surface area contributed by atoms with Gasteiger partial charge in [0.05, 0.1) is 24.4 Å². The smallest absolute Gasteiger partial charge is 0.300 e. The van der Waals surface area contributed by atoms with Crippen molar-refractivity contribution in [1.29, 1.82) is 0 Å². The highest BCUT2D eigenvalue weighted by molar-refractivity contribution is 6.51. The van der Waals surface area contributed by atoms with E-state index in [9.17, 15) is 19.8 Å². The van der Waals surface area contributed by atoms with Gasteiger partial charge >= 0.3 is 0 Å². The fraction of sp³-hybridized carbons (Fsp3) is 0.120. The van der Waals surface area contributed by atoms with Crippen LogP contribution in [0.3, 0.4) is 0 Å². The third-order valence-electron chi connectivity index (χ3n) is 5.31. The van der Waals surface area contributed by atoms with Crippen molar-refractivity contribution in [1.82, 2.24) is 0 Å². The molecule has 0 saturated carbocycles. The second-order valence-corrected chi connectivity index (χ2v) is 7.30. The zero-order valence-electron chi connectivity index (χ0n) is 17.1. The number of nitrogens with zero attached hydrogens (tertiary/aromatic N) is 1. The Bertz CT molecular complexity index is 1180. The maximum Gasteiger partial charge on any atom is 0.300 e. The Morgan fingerprint density at radius 3 is 2.29 bits per heavy atom. The molecule has 1 fully saturated rings. The summed E-state index contributed by atoms with van der Waals surface area (Å²) < 4.78 is 5.15. The monoisotopic (exact) mass is 415 g/mol. The van der Waals surface area contributed by atoms with Crippen molar-refractivity contribution >= 4 is 23.1 Å². The summed E-state index contributed by atoms with van der Waals surface area (Å²) in [5.74, 6) is -1.45. The molecule has 0 radical (unpaired) electrons. The molecular weight excluding hydrogens is 394 g/mol. The number of phenolic OH excluding ortho intramolecular Hbond substituents is 1. The van der Waals surface area contributed by atoms with Crippen LogP contribution in [0, 0.1) is 6.92 Å². The molecule has 1 saturated heterocycles. The Balaban J connectivity index is 1.94. The van der Waals surface area contributed by atoms with Gasteiger partial charge in [0.25, 0.3) is 11.7 Å². The Hall–Kier alpha value is -4.06. The number of hydrogen-bond donors (Lipinski definition) is 2. The molecule has 4 rings (SSSR count). The van der Waals surface area contributed by atoms with Crippen LogP contribution in [-0.2, 0) is 9.59 Å². The van der Waals surface area contributed by atoms with Crippen LogP contribution in [0.2, 0.25) is 0 Å². The molecule has 0 aliphatic carbocycles. The molecule has 156 valence electrons. The van der Waals surface area contributed by atoms with Crippen molar-refractivity contribution in [2.45, 2.75) is 13.0 Å². The second kappa shape index (κ2) is 7.99. The second-order valence-electron chi connectivity index (χ2n) is 7.30. The maximum atomic E-state index is 13.1. The number of anilines is 1. The first-order valence-electron chi connectivity index (χ1n) is 9.72. The van der Waals surface area contributed by atoms with Gasteiger partial charge in [0, 0.05) is 5.56 Å². The van der Waals surface area contributed by atoms with Gasteiger partial charge in [-0.15, -0.1) is 0 Å². The van der Waals surface area contributed by atoms with Crippen molar-refractivity contribution in [3.63, 3.8) is 0 Å². The number of hydrogen-bond acceptors (Lipinski definition) is 5. The van der Waals surface area contributed by atoms with Crippen molar-refractivity contribution in [2.75, 3.05) is 12.0 Å². The standard InChI is InChI=1S/C25H21NO5/c1-15-8-13-20(27)19(14-15)26-22(16-6-4-3-5-7-16)21(24(29)25(26)30)23(28)17-9-11-18(31-2)12-10-17/h3-14,22,27-28H,1-2H3/b23-21+. The number of aliphatic hydroxyl groups excluding tert-OH is 1. The molecule has 6 heteroatoms. The minimum absolute atomic E-state index is 0.0396. The van der Waals surface area contributed by atoms with E-state index in [0.717, 1.165) is 5.56 Å². The number of phenols is 1. The lowest BCUT2D eigenvalue weighted by molar-refractivity contribution is -0.132. The van der Waals surface area contributed by atoms with E-state index in [4.69, 9.17) is 4.74 Å². The number of rotatable bonds is 4. The summed E-state index contributed by atoms with van der Waals surface area (Å²) in [5.41, 5.74) is 2.01. The zero-order chi connectivity index (χ0) is 22.1. The van der Waals surface area contributed by atoms with Crippen molar-refractivity contribution in [2.24, 2.45) is 0 Å². The number of amides is 1. The van der Waals surface area contributed by atoms with Crippen LogP contribution >= 0.6 is 0 Å². The van der Waals surface area contributed by atoms with Crippen LogP contribution < -0.4 is 9.64 Å². The van der Waals surface area contributed by atoms with E-state index in [0.29, 0.717) is 16.9 Å². The number of aliphatic hydroxyl groups is 1. The minimum Gasteiger partial charge on any atom is -0.507 e. The van der Waals surface area contributed by atoms with Gasteiger partial charge in [-0.3, -0.25) is 14.5 Å². The number of Topliss-reactive ketones (excluding diaryl/α,β-unsaturated/α-hetero) is 1. The van der Waals surface area contributed by atoms with E-state index in [1.54, 1.807) is 60.7 Å². The average Bonchev–Trinajstić information content (AvgIpc) is 3.06. The van der Waals surface area contributed by atoms with E-state index in [1.165, 1.54) is 18.1 Å². The lowest BCUT2D eigenvalue weighted by atomic mass is 9.95. The molecule has 1 unspecified atom stereocenters. The molecule has 3 aromatic rings. The predicted molar refractivity (Wildman–Crippen MR) is 117 cm³/mol. The van der Waals surface area contributed by atoms with E-state index < -0.39 is 17.7 Å². The number of ether oxygens (including phenoxy) is 1. The normalized spacial score (nSPS) is 17.7. The molecule has 6 nitrogen and oxygen atoms in total. The first-order valence-corrected chi connectivity index (χ1v) is 9.72. The van der Waals surface area contributed by atoms with Gasteiger partial charge in [-0.05, 0) is 54.4 Å². The van der Waals surface area contributed by atoms with E-state index >= 15 is 0 Å². The Kier molecular flexibility index (Phi) is 5.21. The van der Waals surface area contributed by atoms with Crippen molar-refractivity contribution in [3.05, 3.63) is 95.1 Å². The average molecular weight is 415 g/mol. The predicted octanol–water partition coefficient (Wildman–Crippen LogP) is 4.34. The van der Waals surface area contributed by atoms with Gasteiger partial charge in [-0.1, -0.05) is 36.4 Å². The summed E-state index contributed by atoms with van der Waals surface area (Å²) >= 11 is 0. The molecule has 0 bridgehead atoms. The van der Waals surface area contributed by atoms with Crippen LogP contribution in [0.1, 0.15) is 22.7 Å². The summed E-state index contributed by atoms with van der Waals surface area (Å²) in [6.07, 6.45) is 0. The number of aromatic hydroxyl groups is 1. The zero-order valence-corrected chi connectivity index (χ0v) is 17.1. The quantitative estimate of drug-likeness (QED) is 0.376. The molecule has 0 aromatic heterocycles. The summed E-state index contributed by atoms with van der Waals surface area (Å²) in [6.45, 7) is 1.83. The fourth-order valence-electron chi connectivity index (χ4n) is 3.76. The fourth-order valence-corrected chi connectivity index (χ4v) is 3.76. The number of aryl methyl sites for hydroxylation is 1. The van der Waals surface area contributed by atoms with Gasteiger partial charge in [-0.2, -0.15) is 0 Å². The SMILES string of the molecule is COc1ccc(/C(O)=C2\C(=O)C(=O)N(c3cc(C)ccc3O)C2c2ccccc2)cc1. The molecule has 2 N–H and O–H groups in total.